The van der Waals surface area contributed by atoms with Crippen LogP contribution in [0.4, 0.5) is 0 Å². The molecule has 22 heavy (non-hydrogen) atoms. The van der Waals surface area contributed by atoms with Crippen molar-refractivity contribution in [2.24, 2.45) is 0 Å². The standard InChI is InChI=1S/C17H25NO4/c1-20-14-12-16(22-3)15(21-2)11-13(14)17(19)18-9-7-5-4-6-8-10-18/h11-12H,4-10H2,1-3H3. The molecule has 0 N–H and O–H groups in total. The van der Waals surface area contributed by atoms with Gasteiger partial charge in [-0.05, 0) is 12.8 Å². The third-order valence-electron chi connectivity index (χ3n) is 4.08. The molecule has 0 bridgehead atoms. The zero-order chi connectivity index (χ0) is 15.9. The van der Waals surface area contributed by atoms with E-state index in [1.54, 1.807) is 33.5 Å². The van der Waals surface area contributed by atoms with Crippen LogP contribution in [0.3, 0.4) is 0 Å². The highest BCUT2D eigenvalue weighted by molar-refractivity contribution is 5.97. The predicted molar refractivity (Wildman–Crippen MR) is 85.1 cm³/mol. The molecule has 1 aromatic rings. The summed E-state index contributed by atoms with van der Waals surface area (Å²) < 4.78 is 15.9. The molecule has 2 rings (SSSR count). The Morgan fingerprint density at radius 2 is 1.32 bits per heavy atom. The van der Waals surface area contributed by atoms with Crippen LogP contribution in [-0.2, 0) is 0 Å². The number of amides is 1. The Hall–Kier alpha value is -1.91. The van der Waals surface area contributed by atoms with Crippen LogP contribution in [0.5, 0.6) is 17.2 Å². The van der Waals surface area contributed by atoms with E-state index in [0.29, 0.717) is 22.8 Å². The van der Waals surface area contributed by atoms with Gasteiger partial charge in [0.15, 0.2) is 11.5 Å². The van der Waals surface area contributed by atoms with Gasteiger partial charge in [-0.1, -0.05) is 19.3 Å². The summed E-state index contributed by atoms with van der Waals surface area (Å²) in [6.07, 6.45) is 5.75. The van der Waals surface area contributed by atoms with Gasteiger partial charge in [-0.2, -0.15) is 0 Å². The highest BCUT2D eigenvalue weighted by Gasteiger charge is 2.22. The topological polar surface area (TPSA) is 48.0 Å². The Kier molecular flexibility index (Phi) is 5.92. The average Bonchev–Trinajstić information content (AvgIpc) is 2.52. The van der Waals surface area contributed by atoms with Crippen LogP contribution in [-0.4, -0.2) is 45.2 Å². The minimum Gasteiger partial charge on any atom is -0.496 e. The zero-order valence-corrected chi connectivity index (χ0v) is 13.7. The highest BCUT2D eigenvalue weighted by atomic mass is 16.5. The number of hydrogen-bond acceptors (Lipinski definition) is 4. The van der Waals surface area contributed by atoms with Crippen molar-refractivity contribution in [1.82, 2.24) is 4.90 Å². The molecule has 0 radical (unpaired) electrons. The summed E-state index contributed by atoms with van der Waals surface area (Å²) in [6.45, 7) is 1.60. The summed E-state index contributed by atoms with van der Waals surface area (Å²) in [5.41, 5.74) is 0.528. The monoisotopic (exact) mass is 307 g/mol. The lowest BCUT2D eigenvalue weighted by Crippen LogP contribution is -2.34. The maximum Gasteiger partial charge on any atom is 0.257 e. The van der Waals surface area contributed by atoms with E-state index in [1.807, 2.05) is 4.90 Å². The van der Waals surface area contributed by atoms with Crippen LogP contribution >= 0.6 is 0 Å². The summed E-state index contributed by atoms with van der Waals surface area (Å²) in [4.78, 5) is 14.8. The molecule has 1 aliphatic heterocycles. The van der Waals surface area contributed by atoms with Gasteiger partial charge in [0.2, 0.25) is 0 Å². The van der Waals surface area contributed by atoms with Gasteiger partial charge < -0.3 is 19.1 Å². The predicted octanol–water partition coefficient (Wildman–Crippen LogP) is 3.12. The Morgan fingerprint density at radius 3 is 1.86 bits per heavy atom. The van der Waals surface area contributed by atoms with Gasteiger partial charge in [0.1, 0.15) is 5.75 Å². The van der Waals surface area contributed by atoms with Gasteiger partial charge in [0.25, 0.3) is 5.91 Å². The number of hydrogen-bond donors (Lipinski definition) is 0. The summed E-state index contributed by atoms with van der Waals surface area (Å²) in [6, 6.07) is 3.41. The van der Waals surface area contributed by atoms with Crippen LogP contribution in [0.2, 0.25) is 0 Å². The summed E-state index contributed by atoms with van der Waals surface area (Å²) in [5.74, 6) is 1.62. The van der Waals surface area contributed by atoms with Gasteiger partial charge >= 0.3 is 0 Å². The lowest BCUT2D eigenvalue weighted by Gasteiger charge is -2.26. The molecule has 1 fully saturated rings. The average molecular weight is 307 g/mol. The van der Waals surface area contributed by atoms with Crippen molar-refractivity contribution in [2.75, 3.05) is 34.4 Å². The van der Waals surface area contributed by atoms with Gasteiger partial charge in [-0.15, -0.1) is 0 Å². The first-order chi connectivity index (χ1) is 10.7. The Morgan fingerprint density at radius 1 is 0.818 bits per heavy atom. The number of likely N-dealkylation sites (tertiary alicyclic amines) is 1. The van der Waals surface area contributed by atoms with Crippen LogP contribution in [0.25, 0.3) is 0 Å². The fourth-order valence-corrected chi connectivity index (χ4v) is 2.82. The van der Waals surface area contributed by atoms with Gasteiger partial charge in [0.05, 0.1) is 26.9 Å². The first-order valence-electron chi connectivity index (χ1n) is 7.80. The van der Waals surface area contributed by atoms with E-state index >= 15 is 0 Å². The van der Waals surface area contributed by atoms with Gasteiger partial charge in [0, 0.05) is 25.2 Å². The second kappa shape index (κ2) is 7.92. The number of nitrogens with zero attached hydrogens (tertiary/aromatic N) is 1. The van der Waals surface area contributed by atoms with Crippen molar-refractivity contribution in [2.45, 2.75) is 32.1 Å². The third kappa shape index (κ3) is 3.64. The maximum absolute atomic E-state index is 12.9. The molecule has 0 aromatic heterocycles. The molecule has 1 aliphatic rings. The van der Waals surface area contributed by atoms with E-state index in [2.05, 4.69) is 0 Å². The lowest BCUT2D eigenvalue weighted by molar-refractivity contribution is 0.0738. The quantitative estimate of drug-likeness (QED) is 0.857. The summed E-state index contributed by atoms with van der Waals surface area (Å²) in [5, 5.41) is 0. The summed E-state index contributed by atoms with van der Waals surface area (Å²) in [7, 11) is 4.69. The molecule has 122 valence electrons. The van der Waals surface area contributed by atoms with Crippen LogP contribution in [0, 0.1) is 0 Å². The number of rotatable bonds is 4. The van der Waals surface area contributed by atoms with Gasteiger partial charge in [-0.3, -0.25) is 4.79 Å². The number of methoxy groups -OCH3 is 3. The molecule has 0 aliphatic carbocycles. The van der Waals surface area contributed by atoms with E-state index in [9.17, 15) is 4.79 Å². The number of carbonyl (C=O) groups excluding carboxylic acids is 1. The molecule has 0 spiro atoms. The molecule has 0 atom stereocenters. The maximum atomic E-state index is 12.9. The summed E-state index contributed by atoms with van der Waals surface area (Å²) >= 11 is 0. The molecule has 0 unspecified atom stereocenters. The first-order valence-corrected chi connectivity index (χ1v) is 7.80. The molecular weight excluding hydrogens is 282 g/mol. The van der Waals surface area contributed by atoms with E-state index < -0.39 is 0 Å². The molecule has 1 heterocycles. The number of benzene rings is 1. The smallest absolute Gasteiger partial charge is 0.257 e. The normalized spacial score (nSPS) is 15.7. The van der Waals surface area contributed by atoms with E-state index in [1.165, 1.54) is 19.3 Å². The van der Waals surface area contributed by atoms with E-state index in [4.69, 9.17) is 14.2 Å². The third-order valence-corrected chi connectivity index (χ3v) is 4.08. The molecule has 5 heteroatoms. The second-order valence-corrected chi connectivity index (χ2v) is 5.47. The fourth-order valence-electron chi connectivity index (χ4n) is 2.82. The molecular formula is C17H25NO4. The van der Waals surface area contributed by atoms with Crippen molar-refractivity contribution < 1.29 is 19.0 Å². The van der Waals surface area contributed by atoms with Crippen molar-refractivity contribution in [3.8, 4) is 17.2 Å². The lowest BCUT2D eigenvalue weighted by atomic mass is 10.1. The molecule has 5 nitrogen and oxygen atoms in total. The van der Waals surface area contributed by atoms with Gasteiger partial charge in [-0.25, -0.2) is 0 Å². The SMILES string of the molecule is COc1cc(OC)c(C(=O)N2CCCCCCC2)cc1OC. The molecule has 1 saturated heterocycles. The van der Waals surface area contributed by atoms with Crippen molar-refractivity contribution in [3.63, 3.8) is 0 Å². The molecule has 1 amide bonds. The van der Waals surface area contributed by atoms with Crippen LogP contribution < -0.4 is 14.2 Å². The first kappa shape index (κ1) is 16.5. The number of ether oxygens (including phenoxy) is 3. The van der Waals surface area contributed by atoms with Crippen molar-refractivity contribution >= 4 is 5.91 Å². The fraction of sp³-hybridized carbons (Fsp3) is 0.588. The number of carbonyl (C=O) groups is 1. The van der Waals surface area contributed by atoms with Crippen LogP contribution in [0.1, 0.15) is 42.5 Å². The highest BCUT2D eigenvalue weighted by Crippen LogP contribution is 2.35. The largest absolute Gasteiger partial charge is 0.496 e. The minimum atomic E-state index is -0.000275. The minimum absolute atomic E-state index is 0.000275. The molecule has 1 aromatic carbocycles. The van der Waals surface area contributed by atoms with Crippen molar-refractivity contribution in [1.29, 1.82) is 0 Å². The Bertz CT molecular complexity index is 508. The Labute approximate surface area is 132 Å². The second-order valence-electron chi connectivity index (χ2n) is 5.47. The van der Waals surface area contributed by atoms with E-state index in [-0.39, 0.29) is 5.91 Å². The van der Waals surface area contributed by atoms with Crippen LogP contribution in [0.15, 0.2) is 12.1 Å². The Balaban J connectivity index is 2.30. The zero-order valence-electron chi connectivity index (χ0n) is 13.7. The molecule has 0 saturated carbocycles. The van der Waals surface area contributed by atoms with E-state index in [0.717, 1.165) is 25.9 Å². The van der Waals surface area contributed by atoms with Crippen molar-refractivity contribution in [3.05, 3.63) is 17.7 Å².